The van der Waals surface area contributed by atoms with Gasteiger partial charge < -0.3 is 14.2 Å². The Kier molecular flexibility index (Phi) is 7.49. The van der Waals surface area contributed by atoms with E-state index in [1.807, 2.05) is 55.5 Å². The first kappa shape index (κ1) is 23.5. The third-order valence-electron chi connectivity index (χ3n) is 5.89. The Morgan fingerprint density at radius 3 is 2.36 bits per heavy atom. The first-order valence-corrected chi connectivity index (χ1v) is 12.6. The Labute approximate surface area is 195 Å². The van der Waals surface area contributed by atoms with E-state index in [1.165, 1.54) is 0 Å². The quantitative estimate of drug-likeness (QED) is 0.515. The van der Waals surface area contributed by atoms with Crippen molar-refractivity contribution in [2.45, 2.75) is 17.9 Å². The van der Waals surface area contributed by atoms with Crippen molar-refractivity contribution in [3.05, 3.63) is 66.2 Å². The van der Waals surface area contributed by atoms with E-state index >= 15 is 0 Å². The van der Waals surface area contributed by atoms with Crippen LogP contribution >= 0.6 is 0 Å². The lowest BCUT2D eigenvalue weighted by molar-refractivity contribution is 0.0172. The van der Waals surface area contributed by atoms with Crippen molar-refractivity contribution < 1.29 is 22.6 Å². The molecule has 0 aromatic heterocycles. The maximum atomic E-state index is 13.4. The minimum atomic E-state index is -3.76. The fourth-order valence-corrected chi connectivity index (χ4v) is 5.45. The highest BCUT2D eigenvalue weighted by Crippen LogP contribution is 2.31. The molecule has 1 fully saturated rings. The van der Waals surface area contributed by atoms with Gasteiger partial charge in [0.15, 0.2) is 0 Å². The molecule has 0 spiro atoms. The largest absolute Gasteiger partial charge is 0.497 e. The first-order valence-electron chi connectivity index (χ1n) is 11.1. The summed E-state index contributed by atoms with van der Waals surface area (Å²) in [5.74, 6) is 1.44. The molecule has 1 heterocycles. The van der Waals surface area contributed by atoms with Gasteiger partial charge in [-0.2, -0.15) is 0 Å². The summed E-state index contributed by atoms with van der Waals surface area (Å²) < 4.78 is 46.2. The molecule has 1 aliphatic rings. The van der Waals surface area contributed by atoms with Crippen LogP contribution in [0.4, 0.5) is 0 Å². The molecule has 0 aliphatic carbocycles. The molecule has 4 rings (SSSR count). The Balaban J connectivity index is 1.62. The van der Waals surface area contributed by atoms with Gasteiger partial charge in [-0.3, -0.25) is 4.90 Å². The molecular weight excluding hydrogens is 440 g/mol. The predicted octanol–water partition coefficient (Wildman–Crippen LogP) is 3.60. The number of hydrogen-bond acceptors (Lipinski definition) is 6. The van der Waals surface area contributed by atoms with Crippen molar-refractivity contribution in [1.82, 2.24) is 9.62 Å². The van der Waals surface area contributed by atoms with Crippen molar-refractivity contribution in [1.29, 1.82) is 0 Å². The van der Waals surface area contributed by atoms with Gasteiger partial charge in [0.25, 0.3) is 0 Å². The summed E-state index contributed by atoms with van der Waals surface area (Å²) in [7, 11) is -2.13. The predicted molar refractivity (Wildman–Crippen MR) is 128 cm³/mol. The molecule has 1 saturated heterocycles. The third kappa shape index (κ3) is 5.30. The van der Waals surface area contributed by atoms with E-state index in [4.69, 9.17) is 14.2 Å². The molecule has 1 atom stereocenters. The zero-order valence-electron chi connectivity index (χ0n) is 19.0. The zero-order chi connectivity index (χ0) is 23.3. The average Bonchev–Trinajstić information content (AvgIpc) is 2.85. The molecule has 8 heteroatoms. The Bertz CT molecular complexity index is 1180. The second kappa shape index (κ2) is 10.5. The second-order valence-electron chi connectivity index (χ2n) is 7.83. The summed E-state index contributed by atoms with van der Waals surface area (Å²) >= 11 is 0. The number of sulfonamides is 1. The zero-order valence-corrected chi connectivity index (χ0v) is 19.8. The number of nitrogens with zero attached hydrogens (tertiary/aromatic N) is 1. The number of morpholine rings is 1. The number of rotatable bonds is 9. The van der Waals surface area contributed by atoms with Crippen molar-refractivity contribution >= 4 is 20.8 Å². The van der Waals surface area contributed by atoms with E-state index in [0.29, 0.717) is 31.0 Å². The summed E-state index contributed by atoms with van der Waals surface area (Å²) in [6.07, 6.45) is 0. The third-order valence-corrected chi connectivity index (χ3v) is 7.37. The lowest BCUT2D eigenvalue weighted by atomic mass is 10.0. The van der Waals surface area contributed by atoms with Crippen LogP contribution in [-0.4, -0.2) is 59.9 Å². The second-order valence-corrected chi connectivity index (χ2v) is 9.57. The van der Waals surface area contributed by atoms with Crippen LogP contribution in [0.15, 0.2) is 65.6 Å². The minimum Gasteiger partial charge on any atom is -0.497 e. The summed E-state index contributed by atoms with van der Waals surface area (Å²) in [4.78, 5) is 2.50. The van der Waals surface area contributed by atoms with Gasteiger partial charge in [-0.25, -0.2) is 13.1 Å². The number of ether oxygens (including phenoxy) is 3. The summed E-state index contributed by atoms with van der Waals surface area (Å²) in [5, 5.41) is 1.42. The number of fused-ring (bicyclic) bond motifs is 1. The fraction of sp³-hybridized carbons (Fsp3) is 0.360. The van der Waals surface area contributed by atoms with Gasteiger partial charge in [0.2, 0.25) is 10.0 Å². The monoisotopic (exact) mass is 470 g/mol. The van der Waals surface area contributed by atoms with Crippen LogP contribution in [0.5, 0.6) is 11.5 Å². The van der Waals surface area contributed by atoms with Crippen molar-refractivity contribution in [2.75, 3.05) is 46.6 Å². The molecular formula is C25H30N2O5S. The van der Waals surface area contributed by atoms with E-state index in [-0.39, 0.29) is 17.5 Å². The minimum absolute atomic E-state index is 0.122. The molecule has 1 aliphatic heterocycles. The smallest absolute Gasteiger partial charge is 0.241 e. The van der Waals surface area contributed by atoms with Crippen LogP contribution in [0.2, 0.25) is 0 Å². The van der Waals surface area contributed by atoms with Crippen LogP contribution < -0.4 is 14.2 Å². The molecule has 3 aromatic rings. The van der Waals surface area contributed by atoms with Gasteiger partial charge in [-0.05, 0) is 36.8 Å². The summed E-state index contributed by atoms with van der Waals surface area (Å²) in [6.45, 7) is 5.40. The van der Waals surface area contributed by atoms with Crippen LogP contribution in [0.25, 0.3) is 10.8 Å². The van der Waals surface area contributed by atoms with Crippen molar-refractivity contribution in [3.63, 3.8) is 0 Å². The van der Waals surface area contributed by atoms with Crippen LogP contribution in [0.1, 0.15) is 18.5 Å². The highest BCUT2D eigenvalue weighted by molar-refractivity contribution is 7.89. The molecule has 176 valence electrons. The molecule has 1 unspecified atom stereocenters. The van der Waals surface area contributed by atoms with Crippen LogP contribution in [0, 0.1) is 0 Å². The molecule has 1 N–H and O–H groups in total. The lowest BCUT2D eigenvalue weighted by Gasteiger charge is -2.35. The maximum absolute atomic E-state index is 13.4. The van der Waals surface area contributed by atoms with E-state index in [0.717, 1.165) is 29.8 Å². The molecule has 0 saturated carbocycles. The highest BCUT2D eigenvalue weighted by Gasteiger charge is 2.26. The van der Waals surface area contributed by atoms with Gasteiger partial charge >= 0.3 is 0 Å². The molecule has 33 heavy (non-hydrogen) atoms. The normalized spacial score (nSPS) is 15.9. The number of methoxy groups -OCH3 is 1. The number of benzene rings is 3. The summed E-state index contributed by atoms with van der Waals surface area (Å²) in [5.41, 5.74) is 1.02. The molecule has 3 aromatic carbocycles. The van der Waals surface area contributed by atoms with E-state index in [9.17, 15) is 8.42 Å². The van der Waals surface area contributed by atoms with E-state index < -0.39 is 10.0 Å². The van der Waals surface area contributed by atoms with E-state index in [1.54, 1.807) is 19.2 Å². The molecule has 7 nitrogen and oxygen atoms in total. The van der Waals surface area contributed by atoms with Gasteiger partial charge in [0, 0.05) is 36.4 Å². The number of nitrogens with one attached hydrogen (secondary N) is 1. The van der Waals surface area contributed by atoms with E-state index in [2.05, 4.69) is 9.62 Å². The Morgan fingerprint density at radius 1 is 1.00 bits per heavy atom. The summed E-state index contributed by atoms with van der Waals surface area (Å²) in [6, 6.07) is 18.4. The van der Waals surface area contributed by atoms with Crippen molar-refractivity contribution in [2.24, 2.45) is 0 Å². The fourth-order valence-electron chi connectivity index (χ4n) is 4.20. The van der Waals surface area contributed by atoms with Crippen LogP contribution in [0.3, 0.4) is 0 Å². The highest BCUT2D eigenvalue weighted by atomic mass is 32.2. The molecule has 0 radical (unpaired) electrons. The molecule has 0 bridgehead atoms. The lowest BCUT2D eigenvalue weighted by Crippen LogP contribution is -2.43. The maximum Gasteiger partial charge on any atom is 0.241 e. The van der Waals surface area contributed by atoms with Crippen LogP contribution in [-0.2, 0) is 14.8 Å². The standard InChI is InChI=1S/C25H30N2O5S/c1-3-32-24-12-13-25(22-7-5-4-6-21(22)24)33(28,29)26-18-23(27-14-16-31-17-15-27)19-8-10-20(30-2)11-9-19/h4-13,23,26H,3,14-18H2,1-2H3. The number of hydrogen-bond donors (Lipinski definition) is 1. The first-order chi connectivity index (χ1) is 16.0. The van der Waals surface area contributed by atoms with Gasteiger partial charge in [0.1, 0.15) is 11.5 Å². The Morgan fingerprint density at radius 2 is 1.70 bits per heavy atom. The van der Waals surface area contributed by atoms with Gasteiger partial charge in [-0.15, -0.1) is 0 Å². The van der Waals surface area contributed by atoms with Gasteiger partial charge in [-0.1, -0.05) is 36.4 Å². The average molecular weight is 471 g/mol. The van der Waals surface area contributed by atoms with Crippen molar-refractivity contribution in [3.8, 4) is 11.5 Å². The van der Waals surface area contributed by atoms with Gasteiger partial charge in [0.05, 0.1) is 31.8 Å². The Hall–Kier alpha value is -2.65. The molecule has 0 amide bonds. The SMILES string of the molecule is CCOc1ccc(S(=O)(=O)NCC(c2ccc(OC)cc2)N2CCOCC2)c2ccccc12. The topological polar surface area (TPSA) is 77.1 Å².